The van der Waals surface area contributed by atoms with Crippen molar-refractivity contribution in [2.24, 2.45) is 5.73 Å². The number of aryl methyl sites for hydroxylation is 1. The van der Waals surface area contributed by atoms with E-state index in [0.29, 0.717) is 0 Å². The Hall–Kier alpha value is -0.860. The third kappa shape index (κ3) is 2.83. The van der Waals surface area contributed by atoms with Crippen molar-refractivity contribution < 1.29 is 0 Å². The van der Waals surface area contributed by atoms with Gasteiger partial charge in [-0.1, -0.05) is 18.2 Å². The maximum Gasteiger partial charge on any atom is 0.0233 e. The predicted molar refractivity (Wildman–Crippen MR) is 68.4 cm³/mol. The van der Waals surface area contributed by atoms with Crippen LogP contribution in [0.25, 0.3) is 0 Å². The molecule has 1 aromatic rings. The van der Waals surface area contributed by atoms with E-state index in [1.54, 1.807) is 0 Å². The molecule has 16 heavy (non-hydrogen) atoms. The molecule has 2 rings (SSSR count). The van der Waals surface area contributed by atoms with Gasteiger partial charge in [0, 0.05) is 6.54 Å². The fourth-order valence-electron chi connectivity index (χ4n) is 2.49. The first-order chi connectivity index (χ1) is 7.79. The quantitative estimate of drug-likeness (QED) is 0.838. The zero-order valence-corrected chi connectivity index (χ0v) is 10.2. The maximum atomic E-state index is 5.59. The molecule has 2 N–H and O–H groups in total. The molecular formula is C14H22N2. The van der Waals surface area contributed by atoms with E-state index in [2.05, 4.69) is 30.0 Å². The summed E-state index contributed by atoms with van der Waals surface area (Å²) < 4.78 is 0. The van der Waals surface area contributed by atoms with E-state index in [1.807, 2.05) is 0 Å². The zero-order chi connectivity index (χ0) is 11.4. The number of nitrogens with zero attached hydrogens (tertiary/aromatic N) is 1. The van der Waals surface area contributed by atoms with Crippen molar-refractivity contribution in [3.05, 3.63) is 34.9 Å². The number of nitrogens with two attached hydrogens (primary N) is 1. The summed E-state index contributed by atoms with van der Waals surface area (Å²) in [4.78, 5) is 2.54. The number of hydrogen-bond donors (Lipinski definition) is 1. The summed E-state index contributed by atoms with van der Waals surface area (Å²) in [6, 6.07) is 6.83. The standard InChI is InChI=1S/C14H22N2/c1-12-10-13(4-5-14(12)6-7-15)11-16-8-2-3-9-16/h4-5,10H,2-3,6-9,11,15H2,1H3. The molecule has 1 aromatic carbocycles. The second-order valence-corrected chi connectivity index (χ2v) is 4.78. The molecule has 0 aromatic heterocycles. The Labute approximate surface area is 98.4 Å². The molecule has 0 aliphatic carbocycles. The highest BCUT2D eigenvalue weighted by atomic mass is 15.1. The van der Waals surface area contributed by atoms with Crippen molar-refractivity contribution in [1.82, 2.24) is 4.90 Å². The molecule has 1 aliphatic rings. The third-order valence-corrected chi connectivity index (χ3v) is 3.43. The molecule has 0 unspecified atom stereocenters. The fourth-order valence-corrected chi connectivity index (χ4v) is 2.49. The molecule has 1 saturated heterocycles. The smallest absolute Gasteiger partial charge is 0.0233 e. The van der Waals surface area contributed by atoms with E-state index in [-0.39, 0.29) is 0 Å². The minimum absolute atomic E-state index is 0.742. The fraction of sp³-hybridized carbons (Fsp3) is 0.571. The van der Waals surface area contributed by atoms with Gasteiger partial charge in [0.2, 0.25) is 0 Å². The van der Waals surface area contributed by atoms with Gasteiger partial charge in [-0.15, -0.1) is 0 Å². The van der Waals surface area contributed by atoms with Crippen LogP contribution in [0.1, 0.15) is 29.5 Å². The lowest BCUT2D eigenvalue weighted by Gasteiger charge is -2.15. The van der Waals surface area contributed by atoms with Gasteiger partial charge in [0.1, 0.15) is 0 Å². The topological polar surface area (TPSA) is 29.3 Å². The molecule has 1 heterocycles. The summed E-state index contributed by atoms with van der Waals surface area (Å²) >= 11 is 0. The molecule has 0 radical (unpaired) electrons. The Kier molecular flexibility index (Phi) is 3.97. The van der Waals surface area contributed by atoms with Crippen LogP contribution >= 0.6 is 0 Å². The third-order valence-electron chi connectivity index (χ3n) is 3.43. The van der Waals surface area contributed by atoms with Crippen LogP contribution in [0, 0.1) is 6.92 Å². The van der Waals surface area contributed by atoms with Crippen LogP contribution in [0.2, 0.25) is 0 Å². The number of benzene rings is 1. The van der Waals surface area contributed by atoms with Gasteiger partial charge in [0.05, 0.1) is 0 Å². The molecule has 1 aliphatic heterocycles. The molecule has 1 fully saturated rings. The average Bonchev–Trinajstić information content (AvgIpc) is 2.75. The monoisotopic (exact) mass is 218 g/mol. The lowest BCUT2D eigenvalue weighted by atomic mass is 10.0. The van der Waals surface area contributed by atoms with Gasteiger partial charge >= 0.3 is 0 Å². The van der Waals surface area contributed by atoms with Gasteiger partial charge in [-0.05, 0) is 62.5 Å². The maximum absolute atomic E-state index is 5.59. The molecule has 0 amide bonds. The second kappa shape index (κ2) is 5.46. The van der Waals surface area contributed by atoms with Crippen LogP contribution in [0.4, 0.5) is 0 Å². The summed E-state index contributed by atoms with van der Waals surface area (Å²) in [6.45, 7) is 6.59. The average molecular weight is 218 g/mol. The van der Waals surface area contributed by atoms with Gasteiger partial charge in [0.25, 0.3) is 0 Å². The molecule has 0 spiro atoms. The van der Waals surface area contributed by atoms with Gasteiger partial charge < -0.3 is 5.73 Å². The normalized spacial score (nSPS) is 16.9. The van der Waals surface area contributed by atoms with Gasteiger partial charge in [-0.3, -0.25) is 4.90 Å². The zero-order valence-electron chi connectivity index (χ0n) is 10.2. The van der Waals surface area contributed by atoms with Crippen LogP contribution in [0.3, 0.4) is 0 Å². The van der Waals surface area contributed by atoms with Crippen molar-refractivity contribution in [3.8, 4) is 0 Å². The molecule has 0 atom stereocenters. The summed E-state index contributed by atoms with van der Waals surface area (Å²) in [5.41, 5.74) is 9.82. The highest BCUT2D eigenvalue weighted by molar-refractivity contribution is 5.31. The number of rotatable bonds is 4. The van der Waals surface area contributed by atoms with Gasteiger partial charge in [-0.25, -0.2) is 0 Å². The minimum atomic E-state index is 0.742. The minimum Gasteiger partial charge on any atom is -0.330 e. The highest BCUT2D eigenvalue weighted by Crippen LogP contribution is 2.16. The van der Waals surface area contributed by atoms with Crippen molar-refractivity contribution in [1.29, 1.82) is 0 Å². The van der Waals surface area contributed by atoms with E-state index in [0.717, 1.165) is 19.5 Å². The largest absolute Gasteiger partial charge is 0.330 e. The summed E-state index contributed by atoms with van der Waals surface area (Å²) in [6.07, 6.45) is 3.73. The molecular weight excluding hydrogens is 196 g/mol. The van der Waals surface area contributed by atoms with Gasteiger partial charge in [-0.2, -0.15) is 0 Å². The van der Waals surface area contributed by atoms with Crippen LogP contribution in [0.5, 0.6) is 0 Å². The van der Waals surface area contributed by atoms with Crippen molar-refractivity contribution in [2.45, 2.75) is 32.7 Å². The SMILES string of the molecule is Cc1cc(CN2CCCC2)ccc1CCN. The molecule has 0 saturated carbocycles. The van der Waals surface area contributed by atoms with Crippen LogP contribution in [-0.2, 0) is 13.0 Å². The summed E-state index contributed by atoms with van der Waals surface area (Å²) in [7, 11) is 0. The predicted octanol–water partition coefficient (Wildman–Crippen LogP) is 2.09. The van der Waals surface area contributed by atoms with E-state index in [4.69, 9.17) is 5.73 Å². The molecule has 88 valence electrons. The number of hydrogen-bond acceptors (Lipinski definition) is 2. The van der Waals surface area contributed by atoms with E-state index >= 15 is 0 Å². The molecule has 0 bridgehead atoms. The number of likely N-dealkylation sites (tertiary alicyclic amines) is 1. The Bertz CT molecular complexity index is 341. The van der Waals surface area contributed by atoms with E-state index in [9.17, 15) is 0 Å². The Morgan fingerprint density at radius 3 is 2.62 bits per heavy atom. The first-order valence-corrected chi connectivity index (χ1v) is 6.30. The lowest BCUT2D eigenvalue weighted by Crippen LogP contribution is -2.18. The Morgan fingerprint density at radius 2 is 2.00 bits per heavy atom. The van der Waals surface area contributed by atoms with E-state index < -0.39 is 0 Å². The first-order valence-electron chi connectivity index (χ1n) is 6.30. The molecule has 2 heteroatoms. The van der Waals surface area contributed by atoms with Crippen LogP contribution in [-0.4, -0.2) is 24.5 Å². The Balaban J connectivity index is 2.02. The first kappa shape index (κ1) is 11.6. The lowest BCUT2D eigenvalue weighted by molar-refractivity contribution is 0.331. The summed E-state index contributed by atoms with van der Waals surface area (Å²) in [5, 5.41) is 0. The van der Waals surface area contributed by atoms with Crippen LogP contribution < -0.4 is 5.73 Å². The van der Waals surface area contributed by atoms with Crippen LogP contribution in [0.15, 0.2) is 18.2 Å². The van der Waals surface area contributed by atoms with Crippen molar-refractivity contribution in [2.75, 3.05) is 19.6 Å². The van der Waals surface area contributed by atoms with Crippen molar-refractivity contribution in [3.63, 3.8) is 0 Å². The van der Waals surface area contributed by atoms with Crippen molar-refractivity contribution >= 4 is 0 Å². The van der Waals surface area contributed by atoms with Gasteiger partial charge in [0.15, 0.2) is 0 Å². The summed E-state index contributed by atoms with van der Waals surface area (Å²) in [5.74, 6) is 0. The molecule has 2 nitrogen and oxygen atoms in total. The second-order valence-electron chi connectivity index (χ2n) is 4.78. The Morgan fingerprint density at radius 1 is 1.25 bits per heavy atom. The highest BCUT2D eigenvalue weighted by Gasteiger charge is 2.11. The van der Waals surface area contributed by atoms with E-state index in [1.165, 1.54) is 42.6 Å².